The first kappa shape index (κ1) is 16.0. The van der Waals surface area contributed by atoms with Crippen molar-refractivity contribution >= 4 is 11.6 Å². The molecular weight excluding hydrogens is 306 g/mol. The van der Waals surface area contributed by atoms with Crippen LogP contribution in [0.15, 0.2) is 45.5 Å². The van der Waals surface area contributed by atoms with E-state index < -0.39 is 0 Å². The standard InChI is InChI=1S/C18H19N3O3/c1-12-6-3-7-14(13(12)2)19-16(22)9-4-10-17-20-18(21-24-17)15-8-5-11-23-15/h3,5-8,11H,4,9-10H2,1-2H3,(H,19,22). The summed E-state index contributed by atoms with van der Waals surface area (Å²) in [5.74, 6) is 1.47. The summed E-state index contributed by atoms with van der Waals surface area (Å²) in [6.07, 6.45) is 3.14. The Bertz CT molecular complexity index is 822. The number of amides is 1. The van der Waals surface area contributed by atoms with Crippen molar-refractivity contribution < 1.29 is 13.7 Å². The number of rotatable bonds is 6. The Balaban J connectivity index is 1.49. The van der Waals surface area contributed by atoms with Gasteiger partial charge in [0.1, 0.15) is 0 Å². The Kier molecular flexibility index (Phi) is 4.74. The van der Waals surface area contributed by atoms with Crippen LogP contribution in [0.25, 0.3) is 11.6 Å². The predicted molar refractivity (Wildman–Crippen MR) is 89.5 cm³/mol. The van der Waals surface area contributed by atoms with Crippen LogP contribution in [0.1, 0.15) is 29.9 Å². The molecule has 0 aliphatic carbocycles. The lowest BCUT2D eigenvalue weighted by Crippen LogP contribution is -2.12. The Morgan fingerprint density at radius 1 is 1.21 bits per heavy atom. The Labute approximate surface area is 139 Å². The summed E-state index contributed by atoms with van der Waals surface area (Å²) < 4.78 is 10.4. The normalized spacial score (nSPS) is 10.8. The fourth-order valence-corrected chi connectivity index (χ4v) is 2.36. The minimum absolute atomic E-state index is 0.0190. The third-order valence-corrected chi connectivity index (χ3v) is 3.88. The summed E-state index contributed by atoms with van der Waals surface area (Å²) in [4.78, 5) is 16.3. The molecule has 0 saturated heterocycles. The zero-order chi connectivity index (χ0) is 16.9. The van der Waals surface area contributed by atoms with Crippen molar-refractivity contribution in [3.8, 4) is 11.6 Å². The van der Waals surface area contributed by atoms with Crippen molar-refractivity contribution in [3.63, 3.8) is 0 Å². The van der Waals surface area contributed by atoms with Gasteiger partial charge in [-0.25, -0.2) is 0 Å². The molecule has 1 N–H and O–H groups in total. The molecule has 1 amide bonds. The first-order chi connectivity index (χ1) is 11.6. The van der Waals surface area contributed by atoms with E-state index in [4.69, 9.17) is 8.94 Å². The highest BCUT2D eigenvalue weighted by Crippen LogP contribution is 2.19. The Morgan fingerprint density at radius 3 is 2.88 bits per heavy atom. The number of aromatic nitrogens is 2. The van der Waals surface area contributed by atoms with Gasteiger partial charge >= 0.3 is 0 Å². The summed E-state index contributed by atoms with van der Waals surface area (Å²) >= 11 is 0. The van der Waals surface area contributed by atoms with Gasteiger partial charge in [-0.15, -0.1) is 0 Å². The number of nitrogens with zero attached hydrogens (tertiary/aromatic N) is 2. The van der Waals surface area contributed by atoms with Crippen molar-refractivity contribution in [1.29, 1.82) is 0 Å². The topological polar surface area (TPSA) is 81.2 Å². The highest BCUT2D eigenvalue weighted by molar-refractivity contribution is 5.91. The molecule has 1 aromatic carbocycles. The van der Waals surface area contributed by atoms with Gasteiger partial charge in [0.2, 0.25) is 17.6 Å². The van der Waals surface area contributed by atoms with Gasteiger partial charge < -0.3 is 14.3 Å². The van der Waals surface area contributed by atoms with Crippen LogP contribution < -0.4 is 5.32 Å². The van der Waals surface area contributed by atoms with Crippen molar-refractivity contribution in [3.05, 3.63) is 53.6 Å². The molecule has 6 nitrogen and oxygen atoms in total. The number of anilines is 1. The van der Waals surface area contributed by atoms with Gasteiger partial charge in [0.25, 0.3) is 0 Å². The smallest absolute Gasteiger partial charge is 0.238 e. The molecule has 6 heteroatoms. The lowest BCUT2D eigenvalue weighted by Gasteiger charge is -2.09. The second-order valence-corrected chi connectivity index (χ2v) is 5.64. The summed E-state index contributed by atoms with van der Waals surface area (Å²) in [7, 11) is 0. The molecule has 0 aliphatic rings. The number of furan rings is 1. The van der Waals surface area contributed by atoms with E-state index in [1.807, 2.05) is 32.0 Å². The second kappa shape index (κ2) is 7.12. The summed E-state index contributed by atoms with van der Waals surface area (Å²) in [5, 5.41) is 6.81. The quantitative estimate of drug-likeness (QED) is 0.743. The fourth-order valence-electron chi connectivity index (χ4n) is 2.36. The molecule has 24 heavy (non-hydrogen) atoms. The highest BCUT2D eigenvalue weighted by atomic mass is 16.5. The summed E-state index contributed by atoms with van der Waals surface area (Å²) in [6, 6.07) is 9.41. The second-order valence-electron chi connectivity index (χ2n) is 5.64. The van der Waals surface area contributed by atoms with Crippen LogP contribution >= 0.6 is 0 Å². The van der Waals surface area contributed by atoms with Gasteiger partial charge in [0.15, 0.2) is 5.76 Å². The molecule has 124 valence electrons. The molecule has 2 heterocycles. The molecule has 0 aliphatic heterocycles. The number of benzene rings is 1. The number of carbonyl (C=O) groups excluding carboxylic acids is 1. The predicted octanol–water partition coefficient (Wildman–Crippen LogP) is 3.91. The molecule has 0 atom stereocenters. The van der Waals surface area contributed by atoms with Gasteiger partial charge in [0.05, 0.1) is 6.26 Å². The maximum Gasteiger partial charge on any atom is 0.238 e. The molecule has 3 aromatic rings. The van der Waals surface area contributed by atoms with Gasteiger partial charge in [-0.3, -0.25) is 4.79 Å². The van der Waals surface area contributed by atoms with E-state index in [1.54, 1.807) is 18.4 Å². The zero-order valence-corrected chi connectivity index (χ0v) is 13.7. The van der Waals surface area contributed by atoms with Crippen LogP contribution in [0.4, 0.5) is 5.69 Å². The van der Waals surface area contributed by atoms with E-state index in [-0.39, 0.29) is 5.91 Å². The average Bonchev–Trinajstić information content (AvgIpc) is 3.23. The molecule has 3 rings (SSSR count). The largest absolute Gasteiger partial charge is 0.461 e. The Morgan fingerprint density at radius 2 is 2.08 bits per heavy atom. The van der Waals surface area contributed by atoms with Crippen LogP contribution in [-0.2, 0) is 11.2 Å². The van der Waals surface area contributed by atoms with Gasteiger partial charge in [-0.1, -0.05) is 17.3 Å². The lowest BCUT2D eigenvalue weighted by molar-refractivity contribution is -0.116. The zero-order valence-electron chi connectivity index (χ0n) is 13.7. The fraction of sp³-hybridized carbons (Fsp3) is 0.278. The average molecular weight is 325 g/mol. The Hall–Kier alpha value is -2.89. The van der Waals surface area contributed by atoms with Gasteiger partial charge in [0, 0.05) is 18.5 Å². The third kappa shape index (κ3) is 3.71. The van der Waals surface area contributed by atoms with Crippen molar-refractivity contribution in [2.24, 2.45) is 0 Å². The SMILES string of the molecule is Cc1cccc(NC(=O)CCCc2nc(-c3ccco3)no2)c1C. The van der Waals surface area contributed by atoms with Crippen LogP contribution in [0.5, 0.6) is 0 Å². The molecule has 2 aromatic heterocycles. The molecule has 0 fully saturated rings. The van der Waals surface area contributed by atoms with Crippen molar-refractivity contribution in [1.82, 2.24) is 10.1 Å². The van der Waals surface area contributed by atoms with E-state index in [2.05, 4.69) is 15.5 Å². The first-order valence-corrected chi connectivity index (χ1v) is 7.86. The molecule has 0 spiro atoms. The van der Waals surface area contributed by atoms with Crippen molar-refractivity contribution in [2.75, 3.05) is 5.32 Å². The number of nitrogens with one attached hydrogen (secondary N) is 1. The van der Waals surface area contributed by atoms with E-state index in [9.17, 15) is 4.79 Å². The third-order valence-electron chi connectivity index (χ3n) is 3.88. The van der Waals surface area contributed by atoms with E-state index in [0.29, 0.717) is 36.7 Å². The van der Waals surface area contributed by atoms with Crippen LogP contribution in [0.3, 0.4) is 0 Å². The minimum Gasteiger partial charge on any atom is -0.461 e. The van der Waals surface area contributed by atoms with Gasteiger partial charge in [-0.2, -0.15) is 4.98 Å². The van der Waals surface area contributed by atoms with Gasteiger partial charge in [-0.05, 0) is 49.6 Å². The number of aryl methyl sites for hydroxylation is 2. The monoisotopic (exact) mass is 325 g/mol. The molecule has 0 radical (unpaired) electrons. The lowest BCUT2D eigenvalue weighted by atomic mass is 10.1. The van der Waals surface area contributed by atoms with Crippen LogP contribution in [-0.4, -0.2) is 16.0 Å². The van der Waals surface area contributed by atoms with Crippen LogP contribution in [0.2, 0.25) is 0 Å². The molecule has 0 bridgehead atoms. The summed E-state index contributed by atoms with van der Waals surface area (Å²) in [6.45, 7) is 4.02. The maximum absolute atomic E-state index is 12.1. The number of hydrogen-bond acceptors (Lipinski definition) is 5. The maximum atomic E-state index is 12.1. The summed E-state index contributed by atoms with van der Waals surface area (Å²) in [5.41, 5.74) is 3.10. The number of carbonyl (C=O) groups is 1. The van der Waals surface area contributed by atoms with Crippen molar-refractivity contribution in [2.45, 2.75) is 33.1 Å². The van der Waals surface area contributed by atoms with E-state index >= 15 is 0 Å². The molecule has 0 saturated carbocycles. The minimum atomic E-state index is -0.0190. The number of hydrogen-bond donors (Lipinski definition) is 1. The molecule has 0 unspecified atom stereocenters. The first-order valence-electron chi connectivity index (χ1n) is 7.86. The van der Waals surface area contributed by atoms with E-state index in [1.165, 1.54) is 0 Å². The highest BCUT2D eigenvalue weighted by Gasteiger charge is 2.12. The van der Waals surface area contributed by atoms with Crippen LogP contribution in [0, 0.1) is 13.8 Å². The van der Waals surface area contributed by atoms with E-state index in [0.717, 1.165) is 16.8 Å². The molecular formula is C18H19N3O3.